The van der Waals surface area contributed by atoms with E-state index in [2.05, 4.69) is 5.32 Å². The highest BCUT2D eigenvalue weighted by Gasteiger charge is 2.18. The minimum atomic E-state index is -0.524. The van der Waals surface area contributed by atoms with E-state index in [-0.39, 0.29) is 18.1 Å². The molecule has 0 aliphatic rings. The Hall–Kier alpha value is -3.94. The van der Waals surface area contributed by atoms with Crippen LogP contribution in [0.5, 0.6) is 11.5 Å². The summed E-state index contributed by atoms with van der Waals surface area (Å²) in [5.74, 6) is 0.224. The standard InChI is InChI=1S/C22H19FN2O5/c1-29-19-10-4-16(5-11-19)22(15-2-6-17(23)7-3-15)24-21(26)14-30-20-12-8-18(9-13-20)25(27)28/h2-13,22H,14H2,1H3,(H,24,26). The lowest BCUT2D eigenvalue weighted by molar-refractivity contribution is -0.384. The minimum absolute atomic E-state index is 0.0670. The average molecular weight is 410 g/mol. The molecule has 0 radical (unpaired) electrons. The van der Waals surface area contributed by atoms with E-state index < -0.39 is 16.9 Å². The van der Waals surface area contributed by atoms with Crippen LogP contribution in [0.2, 0.25) is 0 Å². The van der Waals surface area contributed by atoms with Crippen LogP contribution in [0.1, 0.15) is 17.2 Å². The molecule has 154 valence electrons. The Morgan fingerprint density at radius 2 is 1.50 bits per heavy atom. The molecule has 30 heavy (non-hydrogen) atoms. The van der Waals surface area contributed by atoms with E-state index in [4.69, 9.17) is 9.47 Å². The maximum atomic E-state index is 13.3. The van der Waals surface area contributed by atoms with Crippen molar-refractivity contribution in [2.45, 2.75) is 6.04 Å². The van der Waals surface area contributed by atoms with Gasteiger partial charge in [0.15, 0.2) is 6.61 Å². The molecule has 3 aromatic carbocycles. The van der Waals surface area contributed by atoms with E-state index >= 15 is 0 Å². The first kappa shape index (κ1) is 20.8. The normalized spacial score (nSPS) is 11.4. The van der Waals surface area contributed by atoms with Gasteiger partial charge in [-0.3, -0.25) is 14.9 Å². The predicted molar refractivity (Wildman–Crippen MR) is 108 cm³/mol. The van der Waals surface area contributed by atoms with Gasteiger partial charge in [-0.15, -0.1) is 0 Å². The van der Waals surface area contributed by atoms with Gasteiger partial charge in [0.05, 0.1) is 18.1 Å². The van der Waals surface area contributed by atoms with Crippen molar-refractivity contribution in [3.8, 4) is 11.5 Å². The molecule has 0 saturated heterocycles. The van der Waals surface area contributed by atoms with Crippen LogP contribution in [0.15, 0.2) is 72.8 Å². The number of ether oxygens (including phenoxy) is 2. The summed E-state index contributed by atoms with van der Waals surface area (Å²) in [5.41, 5.74) is 1.42. The number of methoxy groups -OCH3 is 1. The summed E-state index contributed by atoms with van der Waals surface area (Å²) in [4.78, 5) is 22.7. The lowest BCUT2D eigenvalue weighted by Crippen LogP contribution is -2.33. The summed E-state index contributed by atoms with van der Waals surface area (Å²) in [6.45, 7) is -0.286. The van der Waals surface area contributed by atoms with E-state index in [0.29, 0.717) is 17.1 Å². The first-order chi connectivity index (χ1) is 14.5. The summed E-state index contributed by atoms with van der Waals surface area (Å²) in [7, 11) is 1.56. The lowest BCUT2D eigenvalue weighted by atomic mass is 9.98. The smallest absolute Gasteiger partial charge is 0.269 e. The third-order valence-electron chi connectivity index (χ3n) is 4.38. The van der Waals surface area contributed by atoms with Crippen LogP contribution in [-0.2, 0) is 4.79 Å². The summed E-state index contributed by atoms with van der Waals surface area (Å²) >= 11 is 0. The van der Waals surface area contributed by atoms with Gasteiger partial charge in [0.1, 0.15) is 17.3 Å². The van der Waals surface area contributed by atoms with Crippen molar-refractivity contribution < 1.29 is 23.6 Å². The highest BCUT2D eigenvalue weighted by Crippen LogP contribution is 2.25. The maximum absolute atomic E-state index is 13.3. The molecule has 0 saturated carbocycles. The number of nitrogens with one attached hydrogen (secondary N) is 1. The van der Waals surface area contributed by atoms with E-state index in [0.717, 1.165) is 5.56 Å². The van der Waals surface area contributed by atoms with E-state index in [1.165, 1.54) is 36.4 Å². The number of benzene rings is 3. The van der Waals surface area contributed by atoms with Gasteiger partial charge in [0.25, 0.3) is 11.6 Å². The molecule has 1 amide bonds. The molecule has 0 aliphatic carbocycles. The molecular weight excluding hydrogens is 391 g/mol. The molecule has 7 nitrogen and oxygen atoms in total. The molecule has 0 fully saturated rings. The molecule has 0 heterocycles. The molecule has 1 N–H and O–H groups in total. The number of carbonyl (C=O) groups excluding carboxylic acids is 1. The van der Waals surface area contributed by atoms with Crippen molar-refractivity contribution in [1.29, 1.82) is 0 Å². The van der Waals surface area contributed by atoms with Crippen LogP contribution >= 0.6 is 0 Å². The Balaban J connectivity index is 1.72. The number of nitrogens with zero attached hydrogens (tertiary/aromatic N) is 1. The zero-order valence-corrected chi connectivity index (χ0v) is 16.1. The van der Waals surface area contributed by atoms with Gasteiger partial charge in [-0.25, -0.2) is 4.39 Å². The van der Waals surface area contributed by atoms with Gasteiger partial charge in [-0.05, 0) is 47.5 Å². The molecule has 3 rings (SSSR count). The van der Waals surface area contributed by atoms with E-state index in [1.54, 1.807) is 31.4 Å². The summed E-state index contributed by atoms with van der Waals surface area (Å²) in [5, 5.41) is 13.6. The SMILES string of the molecule is COc1ccc(C(NC(=O)COc2ccc([N+](=O)[O-])cc2)c2ccc(F)cc2)cc1. The molecule has 0 aromatic heterocycles. The molecule has 8 heteroatoms. The van der Waals surface area contributed by atoms with Gasteiger partial charge in [-0.2, -0.15) is 0 Å². The van der Waals surface area contributed by atoms with E-state index in [1.807, 2.05) is 12.1 Å². The Morgan fingerprint density at radius 3 is 2.03 bits per heavy atom. The van der Waals surface area contributed by atoms with Crippen molar-refractivity contribution in [1.82, 2.24) is 5.32 Å². The Labute approximate surface area is 172 Å². The minimum Gasteiger partial charge on any atom is -0.497 e. The Morgan fingerprint density at radius 1 is 0.967 bits per heavy atom. The van der Waals surface area contributed by atoms with Gasteiger partial charge < -0.3 is 14.8 Å². The maximum Gasteiger partial charge on any atom is 0.269 e. The van der Waals surface area contributed by atoms with Crippen molar-refractivity contribution >= 4 is 11.6 Å². The van der Waals surface area contributed by atoms with Crippen LogP contribution in [0.25, 0.3) is 0 Å². The number of carbonyl (C=O) groups is 1. The molecule has 0 spiro atoms. The van der Waals surface area contributed by atoms with E-state index in [9.17, 15) is 19.3 Å². The third kappa shape index (κ3) is 5.32. The molecule has 0 bridgehead atoms. The summed E-state index contributed by atoms with van der Waals surface area (Å²) in [6, 6.07) is 17.9. The number of amides is 1. The zero-order chi connectivity index (χ0) is 21.5. The first-order valence-corrected chi connectivity index (χ1v) is 9.02. The van der Waals surface area contributed by atoms with Crippen molar-refractivity contribution in [2.24, 2.45) is 0 Å². The highest BCUT2D eigenvalue weighted by molar-refractivity contribution is 5.78. The highest BCUT2D eigenvalue weighted by atomic mass is 19.1. The van der Waals surface area contributed by atoms with Gasteiger partial charge in [-0.1, -0.05) is 24.3 Å². The molecular formula is C22H19FN2O5. The number of halogens is 1. The van der Waals surface area contributed by atoms with Gasteiger partial charge in [0.2, 0.25) is 0 Å². The van der Waals surface area contributed by atoms with Crippen LogP contribution in [0, 0.1) is 15.9 Å². The number of nitro benzene ring substituents is 1. The second-order valence-electron chi connectivity index (χ2n) is 6.36. The summed E-state index contributed by atoms with van der Waals surface area (Å²) in [6.07, 6.45) is 0. The number of non-ortho nitro benzene ring substituents is 1. The van der Waals surface area contributed by atoms with Crippen molar-refractivity contribution in [2.75, 3.05) is 13.7 Å². The van der Waals surface area contributed by atoms with Gasteiger partial charge >= 0.3 is 0 Å². The molecule has 1 unspecified atom stereocenters. The predicted octanol–water partition coefficient (Wildman–Crippen LogP) is 4.03. The largest absolute Gasteiger partial charge is 0.497 e. The second-order valence-corrected chi connectivity index (χ2v) is 6.36. The van der Waals surface area contributed by atoms with Crippen molar-refractivity contribution in [3.63, 3.8) is 0 Å². The molecule has 1 atom stereocenters. The van der Waals surface area contributed by atoms with Gasteiger partial charge in [0, 0.05) is 12.1 Å². The number of hydrogen-bond acceptors (Lipinski definition) is 5. The topological polar surface area (TPSA) is 90.7 Å². The first-order valence-electron chi connectivity index (χ1n) is 9.02. The Bertz CT molecular complexity index is 1010. The zero-order valence-electron chi connectivity index (χ0n) is 16.1. The van der Waals surface area contributed by atoms with Crippen LogP contribution < -0.4 is 14.8 Å². The third-order valence-corrected chi connectivity index (χ3v) is 4.38. The Kier molecular flexibility index (Phi) is 6.59. The van der Waals surface area contributed by atoms with Crippen molar-refractivity contribution in [3.05, 3.63) is 99.9 Å². The fraction of sp³-hybridized carbons (Fsp3) is 0.136. The fourth-order valence-electron chi connectivity index (χ4n) is 2.83. The lowest BCUT2D eigenvalue weighted by Gasteiger charge is -2.20. The molecule has 3 aromatic rings. The van der Waals surface area contributed by atoms with Crippen LogP contribution in [-0.4, -0.2) is 24.5 Å². The quantitative estimate of drug-likeness (QED) is 0.447. The number of rotatable bonds is 8. The summed E-state index contributed by atoms with van der Waals surface area (Å²) < 4.78 is 23.9. The fourth-order valence-corrected chi connectivity index (χ4v) is 2.83. The number of hydrogen-bond donors (Lipinski definition) is 1. The van der Waals surface area contributed by atoms with Crippen LogP contribution in [0.4, 0.5) is 10.1 Å². The average Bonchev–Trinajstić information content (AvgIpc) is 2.77. The number of nitro groups is 1. The monoisotopic (exact) mass is 410 g/mol. The van der Waals surface area contributed by atoms with Crippen LogP contribution in [0.3, 0.4) is 0 Å². The molecule has 0 aliphatic heterocycles. The second kappa shape index (κ2) is 9.51.